The third kappa shape index (κ3) is 4.64. The molecule has 2 aliphatic rings. The van der Waals surface area contributed by atoms with Crippen LogP contribution in [0.1, 0.15) is 0 Å². The average molecular weight is 544 g/mol. The van der Waals surface area contributed by atoms with Gasteiger partial charge in [0.05, 0.1) is 0 Å². The van der Waals surface area contributed by atoms with Gasteiger partial charge in [-0.25, -0.2) is 0 Å². The summed E-state index contributed by atoms with van der Waals surface area (Å²) in [6.07, 6.45) is -24.2. The Labute approximate surface area is 192 Å². The fraction of sp³-hybridized carbons (Fsp3) is 0.400. The second kappa shape index (κ2) is 8.73. The molecule has 36 heavy (non-hydrogen) atoms. The van der Waals surface area contributed by atoms with Gasteiger partial charge in [-0.15, -0.1) is 0 Å². The van der Waals surface area contributed by atoms with E-state index in [1.54, 1.807) is 0 Å². The van der Waals surface area contributed by atoms with E-state index in [4.69, 9.17) is 0 Å². The van der Waals surface area contributed by atoms with Crippen molar-refractivity contribution in [1.82, 2.24) is 0 Å². The normalized spacial score (nSPS) is 27.3. The molecule has 0 saturated carbocycles. The van der Waals surface area contributed by atoms with Crippen molar-refractivity contribution < 1.29 is 72.5 Å². The van der Waals surface area contributed by atoms with Crippen LogP contribution in [0.5, 0.6) is 0 Å². The molecule has 0 fully saturated rings. The molecule has 2 rings (SSSR count). The minimum absolute atomic E-state index is 0.110. The SMILES string of the molecule is O=C(O)C1(C(C(F)(F)F)C(F)(F)F)C=CC=CC1=C1C=CC=CC1(C(=O)O)C(C(F)(F)F)C(F)(F)F. The molecule has 0 aromatic heterocycles. The van der Waals surface area contributed by atoms with Crippen LogP contribution in [-0.4, -0.2) is 46.9 Å². The summed E-state index contributed by atoms with van der Waals surface area (Å²) in [7, 11) is 0. The van der Waals surface area contributed by atoms with Gasteiger partial charge in [-0.3, -0.25) is 9.59 Å². The topological polar surface area (TPSA) is 74.6 Å². The highest BCUT2D eigenvalue weighted by atomic mass is 19.4. The third-order valence-corrected chi connectivity index (χ3v) is 5.58. The zero-order valence-electron chi connectivity index (χ0n) is 17.0. The average Bonchev–Trinajstić information content (AvgIpc) is 2.64. The number of allylic oxidation sites excluding steroid dienone is 6. The van der Waals surface area contributed by atoms with Gasteiger partial charge >= 0.3 is 36.6 Å². The van der Waals surface area contributed by atoms with E-state index in [-0.39, 0.29) is 24.3 Å². The van der Waals surface area contributed by atoms with Crippen molar-refractivity contribution in [3.05, 3.63) is 59.8 Å². The molecule has 0 amide bonds. The standard InChI is InChI=1S/C20H12F12O4/c21-17(22,23)11(18(24,25)26)15(13(33)34)7-3-1-5-9(15)10-6-2-4-8-16(10,14(35)36)12(19(27,28)29)20(30,31)32/h1-8,11-12H,(H,33,34)(H,35,36). The molecule has 0 saturated heterocycles. The zero-order valence-corrected chi connectivity index (χ0v) is 17.0. The smallest absolute Gasteiger partial charge is 0.402 e. The highest BCUT2D eigenvalue weighted by molar-refractivity contribution is 5.89. The zero-order chi connectivity index (χ0) is 28.1. The summed E-state index contributed by atoms with van der Waals surface area (Å²) < 4.78 is 164. The van der Waals surface area contributed by atoms with Crippen molar-refractivity contribution in [3.8, 4) is 0 Å². The highest BCUT2D eigenvalue weighted by Crippen LogP contribution is 2.61. The highest BCUT2D eigenvalue weighted by Gasteiger charge is 2.73. The molecule has 2 atom stereocenters. The molecule has 0 aromatic carbocycles. The van der Waals surface area contributed by atoms with Crippen LogP contribution in [0.2, 0.25) is 0 Å². The summed E-state index contributed by atoms with van der Waals surface area (Å²) in [6.45, 7) is 0. The summed E-state index contributed by atoms with van der Waals surface area (Å²) in [5.41, 5.74) is -12.5. The minimum atomic E-state index is -6.45. The van der Waals surface area contributed by atoms with Crippen LogP contribution in [0.4, 0.5) is 52.7 Å². The maximum atomic E-state index is 13.7. The Morgan fingerprint density at radius 2 is 0.806 bits per heavy atom. The Morgan fingerprint density at radius 3 is 1.00 bits per heavy atom. The quantitative estimate of drug-likeness (QED) is 0.416. The van der Waals surface area contributed by atoms with Gasteiger partial charge in [-0.05, 0) is 11.1 Å². The summed E-state index contributed by atoms with van der Waals surface area (Å²) in [4.78, 5) is 24.1. The van der Waals surface area contributed by atoms with Crippen molar-refractivity contribution >= 4 is 11.9 Å². The molecule has 0 radical (unpaired) electrons. The Kier molecular flexibility index (Phi) is 7.04. The van der Waals surface area contributed by atoms with E-state index in [1.807, 2.05) is 0 Å². The third-order valence-electron chi connectivity index (χ3n) is 5.58. The maximum Gasteiger partial charge on any atom is 0.402 e. The number of carbonyl (C=O) groups is 2. The first-order valence-electron chi connectivity index (χ1n) is 9.26. The summed E-state index contributed by atoms with van der Waals surface area (Å²) >= 11 is 0. The van der Waals surface area contributed by atoms with Crippen LogP contribution in [0, 0.1) is 22.7 Å². The molecular weight excluding hydrogens is 532 g/mol. The van der Waals surface area contributed by atoms with Crippen LogP contribution in [0.25, 0.3) is 0 Å². The summed E-state index contributed by atoms with van der Waals surface area (Å²) in [6, 6.07) is 0. The van der Waals surface area contributed by atoms with E-state index in [2.05, 4.69) is 0 Å². The number of halogens is 12. The largest absolute Gasteiger partial charge is 0.480 e. The molecule has 2 unspecified atom stereocenters. The fourth-order valence-electron chi connectivity index (χ4n) is 4.33. The Bertz CT molecular complexity index is 956. The van der Waals surface area contributed by atoms with Crippen molar-refractivity contribution in [3.63, 3.8) is 0 Å². The fourth-order valence-corrected chi connectivity index (χ4v) is 4.33. The molecule has 2 N–H and O–H groups in total. The van der Waals surface area contributed by atoms with Crippen LogP contribution in [0.3, 0.4) is 0 Å². The lowest BCUT2D eigenvalue weighted by Gasteiger charge is -2.44. The number of hydrogen-bond acceptors (Lipinski definition) is 2. The monoisotopic (exact) mass is 544 g/mol. The first-order valence-corrected chi connectivity index (χ1v) is 9.26. The van der Waals surface area contributed by atoms with Gasteiger partial charge in [0.1, 0.15) is 10.8 Å². The van der Waals surface area contributed by atoms with Crippen LogP contribution in [-0.2, 0) is 9.59 Å². The first kappa shape index (κ1) is 29.0. The van der Waals surface area contributed by atoms with Gasteiger partial charge in [-0.2, -0.15) is 52.7 Å². The van der Waals surface area contributed by atoms with Crippen LogP contribution >= 0.6 is 0 Å². The van der Waals surface area contributed by atoms with E-state index in [0.717, 1.165) is 0 Å². The van der Waals surface area contributed by atoms with E-state index in [9.17, 15) is 72.5 Å². The minimum Gasteiger partial charge on any atom is -0.480 e. The van der Waals surface area contributed by atoms with E-state index in [1.165, 1.54) is 0 Å². The van der Waals surface area contributed by atoms with Crippen molar-refractivity contribution in [2.75, 3.05) is 0 Å². The van der Waals surface area contributed by atoms with Gasteiger partial charge in [-0.1, -0.05) is 48.6 Å². The number of rotatable bonds is 4. The lowest BCUT2D eigenvalue weighted by Crippen LogP contribution is -2.56. The van der Waals surface area contributed by atoms with Gasteiger partial charge in [0.15, 0.2) is 11.8 Å². The van der Waals surface area contributed by atoms with Crippen molar-refractivity contribution in [1.29, 1.82) is 0 Å². The molecule has 200 valence electrons. The lowest BCUT2D eigenvalue weighted by atomic mass is 9.59. The summed E-state index contributed by atoms with van der Waals surface area (Å²) in [5, 5.41) is 19.2. The number of carboxylic acids is 2. The molecule has 0 aliphatic heterocycles. The van der Waals surface area contributed by atoms with Crippen molar-refractivity contribution in [2.24, 2.45) is 22.7 Å². The summed E-state index contributed by atoms with van der Waals surface area (Å²) in [5.74, 6) is -15.7. The van der Waals surface area contributed by atoms with E-state index < -0.39 is 70.5 Å². The molecular formula is C20H12F12O4. The predicted octanol–water partition coefficient (Wildman–Crippen LogP) is 6.16. The van der Waals surface area contributed by atoms with E-state index in [0.29, 0.717) is 24.3 Å². The number of hydrogen-bond donors (Lipinski definition) is 2. The number of carboxylic acid groups (broad SMARTS) is 2. The molecule has 16 heteroatoms. The molecule has 0 bridgehead atoms. The van der Waals surface area contributed by atoms with Crippen molar-refractivity contribution in [2.45, 2.75) is 24.7 Å². The maximum absolute atomic E-state index is 13.7. The lowest BCUT2D eigenvalue weighted by molar-refractivity contribution is -0.307. The van der Waals surface area contributed by atoms with Gasteiger partial charge < -0.3 is 10.2 Å². The number of alkyl halides is 12. The Balaban J connectivity index is 3.21. The Hall–Kier alpha value is -3.20. The Morgan fingerprint density at radius 1 is 0.556 bits per heavy atom. The molecule has 0 aromatic rings. The molecule has 2 aliphatic carbocycles. The number of aliphatic carboxylic acids is 2. The second-order valence-electron chi connectivity index (χ2n) is 7.64. The molecule has 0 heterocycles. The van der Waals surface area contributed by atoms with Gasteiger partial charge in [0.2, 0.25) is 0 Å². The molecule has 0 spiro atoms. The van der Waals surface area contributed by atoms with Gasteiger partial charge in [0, 0.05) is 0 Å². The van der Waals surface area contributed by atoms with E-state index >= 15 is 0 Å². The van der Waals surface area contributed by atoms with Gasteiger partial charge in [0.25, 0.3) is 0 Å². The van der Waals surface area contributed by atoms with Crippen LogP contribution in [0.15, 0.2) is 59.8 Å². The second-order valence-corrected chi connectivity index (χ2v) is 7.64. The van der Waals surface area contributed by atoms with Crippen LogP contribution < -0.4 is 0 Å². The first-order chi connectivity index (χ1) is 16.1. The molecule has 4 nitrogen and oxygen atoms in total. The predicted molar refractivity (Wildman–Crippen MR) is 94.9 cm³/mol.